The third-order valence-electron chi connectivity index (χ3n) is 3.78. The standard InChI is InChI=1S/C18H25ClN2O/c1-2-3-4-5-12-22-14-18(21-11-10-20-15-21)13-16-6-8-17(19)9-7-16/h6-11,15,18H,2-5,12-14H2,1H3. The molecule has 0 bridgehead atoms. The van der Waals surface area contributed by atoms with E-state index in [1.165, 1.54) is 24.8 Å². The van der Waals surface area contributed by atoms with Crippen LogP contribution in [0.25, 0.3) is 0 Å². The minimum atomic E-state index is 0.273. The predicted molar refractivity (Wildman–Crippen MR) is 91.4 cm³/mol. The molecule has 22 heavy (non-hydrogen) atoms. The number of imidazole rings is 1. The molecule has 1 aromatic heterocycles. The highest BCUT2D eigenvalue weighted by Gasteiger charge is 2.12. The van der Waals surface area contributed by atoms with Crippen molar-refractivity contribution in [3.05, 3.63) is 53.6 Å². The molecule has 0 N–H and O–H groups in total. The molecule has 1 heterocycles. The normalized spacial score (nSPS) is 12.5. The van der Waals surface area contributed by atoms with Gasteiger partial charge in [0.15, 0.2) is 0 Å². The summed E-state index contributed by atoms with van der Waals surface area (Å²) in [4.78, 5) is 4.15. The molecule has 1 atom stereocenters. The van der Waals surface area contributed by atoms with Gasteiger partial charge in [-0.3, -0.25) is 0 Å². The van der Waals surface area contributed by atoms with Crippen molar-refractivity contribution in [2.24, 2.45) is 0 Å². The van der Waals surface area contributed by atoms with Crippen molar-refractivity contribution in [1.82, 2.24) is 9.55 Å². The van der Waals surface area contributed by atoms with Crippen LogP contribution in [0.1, 0.15) is 44.2 Å². The van der Waals surface area contributed by atoms with E-state index >= 15 is 0 Å². The highest BCUT2D eigenvalue weighted by molar-refractivity contribution is 6.30. The summed E-state index contributed by atoms with van der Waals surface area (Å²) in [5.74, 6) is 0. The third kappa shape index (κ3) is 5.82. The molecule has 1 unspecified atom stereocenters. The van der Waals surface area contributed by atoms with E-state index in [0.717, 1.165) is 24.5 Å². The minimum absolute atomic E-state index is 0.273. The maximum Gasteiger partial charge on any atom is 0.0949 e. The van der Waals surface area contributed by atoms with Gasteiger partial charge in [-0.2, -0.15) is 0 Å². The lowest BCUT2D eigenvalue weighted by molar-refractivity contribution is 0.0987. The van der Waals surface area contributed by atoms with Crippen LogP contribution in [0.5, 0.6) is 0 Å². The number of aromatic nitrogens is 2. The first kappa shape index (κ1) is 17.0. The molecule has 120 valence electrons. The van der Waals surface area contributed by atoms with E-state index in [0.29, 0.717) is 6.61 Å². The van der Waals surface area contributed by atoms with Crippen LogP contribution in [-0.2, 0) is 11.2 Å². The number of hydrogen-bond acceptors (Lipinski definition) is 2. The van der Waals surface area contributed by atoms with E-state index in [4.69, 9.17) is 16.3 Å². The maximum atomic E-state index is 5.95. The SMILES string of the molecule is CCCCCCOCC(Cc1ccc(Cl)cc1)n1ccnc1. The summed E-state index contributed by atoms with van der Waals surface area (Å²) in [5.41, 5.74) is 1.26. The summed E-state index contributed by atoms with van der Waals surface area (Å²) < 4.78 is 8.01. The zero-order chi connectivity index (χ0) is 15.6. The number of rotatable bonds is 10. The van der Waals surface area contributed by atoms with Gasteiger partial charge in [-0.25, -0.2) is 4.98 Å². The smallest absolute Gasteiger partial charge is 0.0949 e. The molecule has 0 saturated carbocycles. The first-order chi connectivity index (χ1) is 10.8. The topological polar surface area (TPSA) is 27.1 Å². The van der Waals surface area contributed by atoms with Crippen LogP contribution in [0, 0.1) is 0 Å². The van der Waals surface area contributed by atoms with E-state index in [9.17, 15) is 0 Å². The van der Waals surface area contributed by atoms with Gasteiger partial charge in [-0.1, -0.05) is 49.9 Å². The van der Waals surface area contributed by atoms with Crippen molar-refractivity contribution < 1.29 is 4.74 Å². The largest absolute Gasteiger partial charge is 0.379 e. The molecule has 0 fully saturated rings. The Morgan fingerprint density at radius 2 is 2.00 bits per heavy atom. The van der Waals surface area contributed by atoms with Gasteiger partial charge in [-0.15, -0.1) is 0 Å². The first-order valence-electron chi connectivity index (χ1n) is 8.09. The van der Waals surface area contributed by atoms with Gasteiger partial charge in [-0.05, 0) is 30.5 Å². The van der Waals surface area contributed by atoms with Crippen molar-refractivity contribution in [2.75, 3.05) is 13.2 Å². The van der Waals surface area contributed by atoms with Crippen LogP contribution in [0.4, 0.5) is 0 Å². The van der Waals surface area contributed by atoms with E-state index in [-0.39, 0.29) is 6.04 Å². The van der Waals surface area contributed by atoms with E-state index in [1.54, 1.807) is 0 Å². The Morgan fingerprint density at radius 3 is 2.68 bits per heavy atom. The molecule has 3 nitrogen and oxygen atoms in total. The molecule has 0 saturated heterocycles. The van der Waals surface area contributed by atoms with E-state index in [1.807, 2.05) is 30.9 Å². The highest BCUT2D eigenvalue weighted by atomic mass is 35.5. The number of nitrogens with zero attached hydrogens (tertiary/aromatic N) is 2. The fraction of sp³-hybridized carbons (Fsp3) is 0.500. The molecule has 4 heteroatoms. The van der Waals surface area contributed by atoms with Crippen LogP contribution in [-0.4, -0.2) is 22.8 Å². The summed E-state index contributed by atoms with van der Waals surface area (Å²) in [6, 6.07) is 8.30. The van der Waals surface area contributed by atoms with Gasteiger partial charge >= 0.3 is 0 Å². The number of unbranched alkanes of at least 4 members (excludes halogenated alkanes) is 3. The molecule has 0 radical (unpaired) electrons. The predicted octanol–water partition coefficient (Wildman–Crippen LogP) is 4.92. The zero-order valence-corrected chi connectivity index (χ0v) is 14.0. The summed E-state index contributed by atoms with van der Waals surface area (Å²) in [5, 5.41) is 0.773. The second kappa shape index (κ2) is 9.65. The Kier molecular flexibility index (Phi) is 7.47. The lowest BCUT2D eigenvalue weighted by Gasteiger charge is -2.19. The Balaban J connectivity index is 1.85. The molecule has 0 amide bonds. The van der Waals surface area contributed by atoms with Gasteiger partial charge in [0.25, 0.3) is 0 Å². The van der Waals surface area contributed by atoms with E-state index < -0.39 is 0 Å². The van der Waals surface area contributed by atoms with Crippen LogP contribution < -0.4 is 0 Å². The summed E-state index contributed by atoms with van der Waals surface area (Å²) in [7, 11) is 0. The monoisotopic (exact) mass is 320 g/mol. The first-order valence-corrected chi connectivity index (χ1v) is 8.47. The lowest BCUT2D eigenvalue weighted by atomic mass is 10.1. The molecule has 2 rings (SSSR count). The number of hydrogen-bond donors (Lipinski definition) is 0. The summed E-state index contributed by atoms with van der Waals surface area (Å²) in [6.07, 6.45) is 11.5. The Bertz CT molecular complexity index is 510. The van der Waals surface area contributed by atoms with Gasteiger partial charge in [0.1, 0.15) is 0 Å². The Hall–Kier alpha value is -1.32. The molecular formula is C18H25ClN2O. The zero-order valence-electron chi connectivity index (χ0n) is 13.2. The van der Waals surface area contributed by atoms with Crippen LogP contribution in [0.15, 0.2) is 43.0 Å². The maximum absolute atomic E-state index is 5.95. The van der Waals surface area contributed by atoms with E-state index in [2.05, 4.69) is 28.6 Å². The number of benzene rings is 1. The third-order valence-corrected chi connectivity index (χ3v) is 4.04. The second-order valence-electron chi connectivity index (χ2n) is 5.63. The van der Waals surface area contributed by atoms with Gasteiger partial charge in [0.05, 0.1) is 19.0 Å². The molecule has 2 aromatic rings. The second-order valence-corrected chi connectivity index (χ2v) is 6.07. The van der Waals surface area contributed by atoms with Gasteiger partial charge in [0, 0.05) is 24.0 Å². The Morgan fingerprint density at radius 1 is 1.18 bits per heavy atom. The summed E-state index contributed by atoms with van der Waals surface area (Å²) >= 11 is 5.95. The van der Waals surface area contributed by atoms with Crippen LogP contribution >= 0.6 is 11.6 Å². The molecule has 0 aliphatic carbocycles. The molecular weight excluding hydrogens is 296 g/mol. The Labute approximate surface area is 138 Å². The molecule has 1 aromatic carbocycles. The van der Waals surface area contributed by atoms with Gasteiger partial charge in [0.2, 0.25) is 0 Å². The van der Waals surface area contributed by atoms with Gasteiger partial charge < -0.3 is 9.30 Å². The fourth-order valence-electron chi connectivity index (χ4n) is 2.48. The van der Waals surface area contributed by atoms with Crippen molar-refractivity contribution in [2.45, 2.75) is 45.1 Å². The minimum Gasteiger partial charge on any atom is -0.379 e. The van der Waals surface area contributed by atoms with Crippen molar-refractivity contribution in [3.8, 4) is 0 Å². The van der Waals surface area contributed by atoms with Crippen molar-refractivity contribution in [3.63, 3.8) is 0 Å². The highest BCUT2D eigenvalue weighted by Crippen LogP contribution is 2.17. The quantitative estimate of drug-likeness (QED) is 0.581. The lowest BCUT2D eigenvalue weighted by Crippen LogP contribution is -2.17. The molecule has 0 aliphatic heterocycles. The van der Waals surface area contributed by atoms with Crippen LogP contribution in [0.3, 0.4) is 0 Å². The molecule has 0 spiro atoms. The van der Waals surface area contributed by atoms with Crippen molar-refractivity contribution >= 4 is 11.6 Å². The number of halogens is 1. The average Bonchev–Trinajstić information content (AvgIpc) is 3.06. The number of ether oxygens (including phenoxy) is 1. The summed E-state index contributed by atoms with van der Waals surface area (Å²) in [6.45, 7) is 3.78. The van der Waals surface area contributed by atoms with Crippen molar-refractivity contribution in [1.29, 1.82) is 0 Å². The van der Waals surface area contributed by atoms with Crippen LogP contribution in [0.2, 0.25) is 5.02 Å². The fourth-order valence-corrected chi connectivity index (χ4v) is 2.60. The average molecular weight is 321 g/mol. The molecule has 0 aliphatic rings.